The van der Waals surface area contributed by atoms with Crippen LogP contribution in [0.5, 0.6) is 0 Å². The van der Waals surface area contributed by atoms with Crippen molar-refractivity contribution in [2.45, 2.75) is 25.1 Å². The highest BCUT2D eigenvalue weighted by Crippen LogP contribution is 2.35. The van der Waals surface area contributed by atoms with Crippen LogP contribution < -0.4 is 0 Å². The van der Waals surface area contributed by atoms with Crippen molar-refractivity contribution < 1.29 is 26.9 Å². The second kappa shape index (κ2) is 6.57. The molecule has 0 unspecified atom stereocenters. The zero-order valence-electron chi connectivity index (χ0n) is 13.9. The predicted octanol–water partition coefficient (Wildman–Crippen LogP) is 4.33. The van der Waals surface area contributed by atoms with E-state index < -0.39 is 17.8 Å². The lowest BCUT2D eigenvalue weighted by molar-refractivity contribution is -0.137. The molecule has 0 radical (unpaired) electrons. The number of furan rings is 1. The van der Waals surface area contributed by atoms with Crippen LogP contribution in [0.2, 0.25) is 0 Å². The summed E-state index contributed by atoms with van der Waals surface area (Å²) in [4.78, 5) is 18.4. The number of benzene rings is 1. The van der Waals surface area contributed by atoms with E-state index in [-0.39, 0.29) is 23.2 Å². The van der Waals surface area contributed by atoms with E-state index in [0.717, 1.165) is 18.6 Å². The van der Waals surface area contributed by atoms with Gasteiger partial charge in [-0.3, -0.25) is 4.79 Å². The highest BCUT2D eigenvalue weighted by molar-refractivity contribution is 5.94. The maximum Gasteiger partial charge on any atom is 0.416 e. The van der Waals surface area contributed by atoms with Gasteiger partial charge in [-0.25, -0.2) is 0 Å². The highest BCUT2D eigenvalue weighted by atomic mass is 19.4. The summed E-state index contributed by atoms with van der Waals surface area (Å²) < 4.78 is 48.9. The topological polar surface area (TPSA) is 72.4 Å². The number of nitrogens with zero attached hydrogens (tertiary/aromatic N) is 3. The Morgan fingerprint density at radius 2 is 2.11 bits per heavy atom. The number of hydrogen-bond donors (Lipinski definition) is 0. The van der Waals surface area contributed by atoms with Gasteiger partial charge < -0.3 is 13.8 Å². The first-order valence-corrected chi connectivity index (χ1v) is 8.28. The van der Waals surface area contributed by atoms with Crippen molar-refractivity contribution in [3.05, 3.63) is 59.9 Å². The summed E-state index contributed by atoms with van der Waals surface area (Å²) in [5.41, 5.74) is -0.172. The Hall–Kier alpha value is -3.10. The van der Waals surface area contributed by atoms with Crippen LogP contribution in [0.3, 0.4) is 0 Å². The number of alkyl halides is 3. The van der Waals surface area contributed by atoms with Gasteiger partial charge in [-0.05, 0) is 31.0 Å². The van der Waals surface area contributed by atoms with Gasteiger partial charge in [0, 0.05) is 12.1 Å². The van der Waals surface area contributed by atoms with Crippen molar-refractivity contribution in [3.63, 3.8) is 0 Å². The van der Waals surface area contributed by atoms with E-state index in [1.807, 2.05) is 0 Å². The van der Waals surface area contributed by atoms with E-state index in [2.05, 4.69) is 10.1 Å². The van der Waals surface area contributed by atoms with E-state index in [0.29, 0.717) is 18.5 Å². The molecular weight excluding hydrogens is 363 g/mol. The normalized spacial score (nSPS) is 17.4. The summed E-state index contributed by atoms with van der Waals surface area (Å²) in [6.07, 6.45) is -0.290. The zero-order valence-corrected chi connectivity index (χ0v) is 13.9. The van der Waals surface area contributed by atoms with Gasteiger partial charge in [-0.1, -0.05) is 17.3 Å². The van der Waals surface area contributed by atoms with Crippen molar-refractivity contribution >= 4 is 5.91 Å². The summed E-state index contributed by atoms with van der Waals surface area (Å²) >= 11 is 0. The van der Waals surface area contributed by atoms with Gasteiger partial charge in [0.15, 0.2) is 0 Å². The lowest BCUT2D eigenvalue weighted by atomic mass is 10.1. The largest absolute Gasteiger partial charge is 0.472 e. The fourth-order valence-electron chi connectivity index (χ4n) is 3.14. The third-order valence-corrected chi connectivity index (χ3v) is 4.46. The molecule has 3 aromatic rings. The summed E-state index contributed by atoms with van der Waals surface area (Å²) in [6.45, 7) is 0.524. The quantitative estimate of drug-likeness (QED) is 0.680. The third kappa shape index (κ3) is 3.32. The molecule has 0 bridgehead atoms. The summed E-state index contributed by atoms with van der Waals surface area (Å²) in [5, 5.41) is 3.80. The first kappa shape index (κ1) is 17.3. The predicted molar refractivity (Wildman–Crippen MR) is 86.5 cm³/mol. The van der Waals surface area contributed by atoms with Crippen LogP contribution in [0.25, 0.3) is 11.4 Å². The standard InChI is InChI=1S/C18H14F3N3O3/c19-18(20,21)13-4-1-3-11(9-13)15-22-16(27-23-15)14-5-2-7-24(14)17(25)12-6-8-26-10-12/h1,3-4,6,8-10,14H,2,5,7H2/t14-/m1/s1. The van der Waals surface area contributed by atoms with E-state index in [1.54, 1.807) is 11.0 Å². The molecule has 4 rings (SSSR count). The second-order valence-corrected chi connectivity index (χ2v) is 6.20. The Labute approximate surface area is 151 Å². The van der Waals surface area contributed by atoms with E-state index in [9.17, 15) is 18.0 Å². The van der Waals surface area contributed by atoms with Crippen LogP contribution in [-0.4, -0.2) is 27.5 Å². The summed E-state index contributed by atoms with van der Waals surface area (Å²) in [6, 6.07) is 5.87. The first-order chi connectivity index (χ1) is 12.9. The Morgan fingerprint density at radius 1 is 1.26 bits per heavy atom. The van der Waals surface area contributed by atoms with Crippen molar-refractivity contribution in [2.75, 3.05) is 6.54 Å². The molecule has 3 heterocycles. The van der Waals surface area contributed by atoms with Crippen LogP contribution in [0.15, 0.2) is 51.8 Å². The molecule has 2 aromatic heterocycles. The van der Waals surface area contributed by atoms with Gasteiger partial charge in [-0.15, -0.1) is 0 Å². The molecule has 0 aliphatic carbocycles. The van der Waals surface area contributed by atoms with Gasteiger partial charge >= 0.3 is 6.18 Å². The average molecular weight is 377 g/mol. The van der Waals surface area contributed by atoms with Gasteiger partial charge in [0.25, 0.3) is 5.91 Å². The number of aromatic nitrogens is 2. The lowest BCUT2D eigenvalue weighted by Crippen LogP contribution is -2.30. The molecule has 6 nitrogen and oxygen atoms in total. The van der Waals surface area contributed by atoms with Crippen molar-refractivity contribution in [2.24, 2.45) is 0 Å². The molecule has 0 saturated carbocycles. The van der Waals surface area contributed by atoms with Gasteiger partial charge in [0.2, 0.25) is 11.7 Å². The molecule has 1 aliphatic rings. The number of amides is 1. The van der Waals surface area contributed by atoms with Crippen LogP contribution in [0, 0.1) is 0 Å². The number of halogens is 3. The average Bonchev–Trinajstić information content (AvgIpc) is 3.41. The Kier molecular flexibility index (Phi) is 4.21. The molecule has 1 aliphatic heterocycles. The Morgan fingerprint density at radius 3 is 2.85 bits per heavy atom. The molecule has 27 heavy (non-hydrogen) atoms. The SMILES string of the molecule is O=C(c1ccoc1)N1CCC[C@@H]1c1nc(-c2cccc(C(F)(F)F)c2)no1. The maximum atomic E-state index is 12.9. The number of carbonyl (C=O) groups is 1. The van der Waals surface area contributed by atoms with Crippen molar-refractivity contribution in [1.29, 1.82) is 0 Å². The smallest absolute Gasteiger partial charge is 0.416 e. The monoisotopic (exact) mass is 377 g/mol. The zero-order chi connectivity index (χ0) is 19.0. The maximum absolute atomic E-state index is 12.9. The number of likely N-dealkylation sites (tertiary alicyclic amines) is 1. The van der Waals surface area contributed by atoms with Crippen LogP contribution in [0.4, 0.5) is 13.2 Å². The molecule has 1 aromatic carbocycles. The number of hydrogen-bond acceptors (Lipinski definition) is 5. The van der Waals surface area contributed by atoms with E-state index >= 15 is 0 Å². The second-order valence-electron chi connectivity index (χ2n) is 6.20. The fourth-order valence-corrected chi connectivity index (χ4v) is 3.14. The molecule has 0 N–H and O–H groups in total. The van der Waals surface area contributed by atoms with Crippen LogP contribution in [0.1, 0.15) is 40.7 Å². The van der Waals surface area contributed by atoms with E-state index in [1.165, 1.54) is 24.7 Å². The molecular formula is C18H14F3N3O3. The fraction of sp³-hybridized carbons (Fsp3) is 0.278. The van der Waals surface area contributed by atoms with Gasteiger partial charge in [-0.2, -0.15) is 18.2 Å². The van der Waals surface area contributed by atoms with Crippen molar-refractivity contribution in [3.8, 4) is 11.4 Å². The minimum Gasteiger partial charge on any atom is -0.472 e. The van der Waals surface area contributed by atoms with Crippen LogP contribution in [-0.2, 0) is 6.18 Å². The van der Waals surface area contributed by atoms with E-state index in [4.69, 9.17) is 8.94 Å². The lowest BCUT2D eigenvalue weighted by Gasteiger charge is -2.20. The van der Waals surface area contributed by atoms with Gasteiger partial charge in [0.05, 0.1) is 17.4 Å². The number of rotatable bonds is 3. The minimum absolute atomic E-state index is 0.0544. The summed E-state index contributed by atoms with van der Waals surface area (Å²) in [5.74, 6) is 0.0422. The minimum atomic E-state index is -4.46. The van der Waals surface area contributed by atoms with Crippen LogP contribution >= 0.6 is 0 Å². The Bertz CT molecular complexity index is 950. The Balaban J connectivity index is 1.60. The molecule has 9 heteroatoms. The molecule has 1 saturated heterocycles. The summed E-state index contributed by atoms with van der Waals surface area (Å²) in [7, 11) is 0. The molecule has 1 fully saturated rings. The highest BCUT2D eigenvalue weighted by Gasteiger charge is 2.35. The first-order valence-electron chi connectivity index (χ1n) is 8.28. The van der Waals surface area contributed by atoms with Crippen molar-refractivity contribution in [1.82, 2.24) is 15.0 Å². The van der Waals surface area contributed by atoms with Gasteiger partial charge in [0.1, 0.15) is 12.3 Å². The molecule has 1 amide bonds. The third-order valence-electron chi connectivity index (χ3n) is 4.46. The number of carbonyl (C=O) groups excluding carboxylic acids is 1. The molecule has 1 atom stereocenters. The molecule has 140 valence electrons. The molecule has 0 spiro atoms.